The van der Waals surface area contributed by atoms with Crippen molar-refractivity contribution in [2.24, 2.45) is 4.36 Å². The molecule has 2 N–H and O–H groups in total. The Balaban J connectivity index is 2.15. The number of nitrogens with zero attached hydrogens (tertiary/aromatic N) is 1. The third-order valence-corrected chi connectivity index (χ3v) is 3.51. The summed E-state index contributed by atoms with van der Waals surface area (Å²) >= 11 is 1.57. The molecule has 0 aliphatic rings. The van der Waals surface area contributed by atoms with Gasteiger partial charge in [0.15, 0.2) is 0 Å². The van der Waals surface area contributed by atoms with Crippen LogP contribution in [0.4, 0.5) is 11.4 Å². The minimum Gasteiger partial charge on any atom is -0.399 e. The molecule has 18 heavy (non-hydrogen) atoms. The molecule has 6 heteroatoms. The smallest absolute Gasteiger partial charge is 0.316 e. The summed E-state index contributed by atoms with van der Waals surface area (Å²) in [4.78, 5) is 2.08. The number of hydrogen-bond acceptors (Lipinski definition) is 5. The number of anilines is 1. The van der Waals surface area contributed by atoms with Crippen LogP contribution >= 0.6 is 11.8 Å². The highest BCUT2D eigenvalue weighted by atomic mass is 32.2. The van der Waals surface area contributed by atoms with Crippen molar-refractivity contribution in [3.05, 3.63) is 48.5 Å². The summed E-state index contributed by atoms with van der Waals surface area (Å²) < 4.78 is 24.2. The molecule has 0 aliphatic heterocycles. The van der Waals surface area contributed by atoms with E-state index >= 15 is 0 Å². The summed E-state index contributed by atoms with van der Waals surface area (Å²) in [6.45, 7) is 0. The van der Waals surface area contributed by atoms with Gasteiger partial charge in [0.05, 0.1) is 5.69 Å². The normalized spacial score (nSPS) is 10.0. The highest BCUT2D eigenvalue weighted by molar-refractivity contribution is 7.99. The minimum atomic E-state index is -2.41. The lowest BCUT2D eigenvalue weighted by Crippen LogP contribution is -1.82. The maximum absolute atomic E-state index is 10.4. The van der Waals surface area contributed by atoms with E-state index in [2.05, 4.69) is 4.36 Å². The first-order valence-electron chi connectivity index (χ1n) is 5.08. The summed E-state index contributed by atoms with van der Waals surface area (Å²) in [5.74, 6) is 0. The second-order valence-corrected chi connectivity index (χ2v) is 5.24. The monoisotopic (exact) mass is 278 g/mol. The minimum absolute atomic E-state index is 0.421. The van der Waals surface area contributed by atoms with Gasteiger partial charge >= 0.3 is 10.5 Å². The lowest BCUT2D eigenvalue weighted by Gasteiger charge is -2.02. The van der Waals surface area contributed by atoms with E-state index in [0.717, 1.165) is 15.5 Å². The molecule has 0 aromatic heterocycles. The van der Waals surface area contributed by atoms with Crippen LogP contribution in [0.2, 0.25) is 0 Å². The third kappa shape index (κ3) is 3.61. The second-order valence-electron chi connectivity index (χ2n) is 3.47. The molecule has 0 amide bonds. The summed E-state index contributed by atoms with van der Waals surface area (Å²) in [5.41, 5.74) is 6.76. The molecule has 0 atom stereocenters. The quantitative estimate of drug-likeness (QED) is 0.875. The predicted molar refractivity (Wildman–Crippen MR) is 72.4 cm³/mol. The molecule has 0 aliphatic carbocycles. The standard InChI is InChI=1S/C12H10N2O2S2/c13-9-1-5-11(6-2-9)17-12-7-3-10(4-8-12)14-18(15)16/h1-8H,13H2. The van der Waals surface area contributed by atoms with Crippen LogP contribution in [0.5, 0.6) is 0 Å². The van der Waals surface area contributed by atoms with Gasteiger partial charge in [-0.3, -0.25) is 0 Å². The molecule has 0 spiro atoms. The zero-order valence-electron chi connectivity index (χ0n) is 9.28. The first-order valence-corrected chi connectivity index (χ1v) is 6.93. The fraction of sp³-hybridized carbons (Fsp3) is 0. The topological polar surface area (TPSA) is 72.5 Å². The number of nitrogens with two attached hydrogens (primary N) is 1. The van der Waals surface area contributed by atoms with Crippen molar-refractivity contribution in [3.63, 3.8) is 0 Å². The van der Waals surface area contributed by atoms with E-state index in [-0.39, 0.29) is 0 Å². The number of hydrogen-bond donors (Lipinski definition) is 1. The average molecular weight is 278 g/mol. The van der Waals surface area contributed by atoms with E-state index in [1.54, 1.807) is 23.9 Å². The van der Waals surface area contributed by atoms with Crippen molar-refractivity contribution in [1.29, 1.82) is 0 Å². The van der Waals surface area contributed by atoms with E-state index in [0.29, 0.717) is 5.69 Å². The zero-order valence-corrected chi connectivity index (χ0v) is 10.9. The van der Waals surface area contributed by atoms with Crippen LogP contribution in [0.15, 0.2) is 62.7 Å². The molecule has 0 fully saturated rings. The molecule has 92 valence electrons. The molecule has 2 aromatic rings. The van der Waals surface area contributed by atoms with Crippen LogP contribution in [-0.4, -0.2) is 8.42 Å². The zero-order chi connectivity index (χ0) is 13.0. The summed E-state index contributed by atoms with van der Waals surface area (Å²) in [5, 5.41) is 0. The van der Waals surface area contributed by atoms with E-state index in [1.807, 2.05) is 36.4 Å². The summed E-state index contributed by atoms with van der Waals surface area (Å²) in [6.07, 6.45) is 0. The first kappa shape index (κ1) is 12.7. The van der Waals surface area contributed by atoms with Gasteiger partial charge in [-0.25, -0.2) is 0 Å². The van der Waals surface area contributed by atoms with Gasteiger partial charge in [0.2, 0.25) is 0 Å². The van der Waals surface area contributed by atoms with Crippen molar-refractivity contribution in [1.82, 2.24) is 0 Å². The Hall–Kier alpha value is -1.79. The number of rotatable bonds is 3. The molecule has 0 saturated carbocycles. The molecular formula is C12H10N2O2S2. The highest BCUT2D eigenvalue weighted by Crippen LogP contribution is 2.29. The van der Waals surface area contributed by atoms with Crippen LogP contribution < -0.4 is 5.73 Å². The fourth-order valence-electron chi connectivity index (χ4n) is 1.33. The molecule has 2 aromatic carbocycles. The third-order valence-electron chi connectivity index (χ3n) is 2.13. The van der Waals surface area contributed by atoms with Gasteiger partial charge in [-0.05, 0) is 48.5 Å². The predicted octanol–water partition coefficient (Wildman–Crippen LogP) is 3.11. The van der Waals surface area contributed by atoms with E-state index in [1.165, 1.54) is 0 Å². The lowest BCUT2D eigenvalue weighted by atomic mass is 10.3. The average Bonchev–Trinajstić information content (AvgIpc) is 2.34. The van der Waals surface area contributed by atoms with Crippen LogP contribution in [-0.2, 0) is 10.5 Å². The fourth-order valence-corrected chi connectivity index (χ4v) is 2.44. The first-order chi connectivity index (χ1) is 8.63. The van der Waals surface area contributed by atoms with E-state index in [9.17, 15) is 8.42 Å². The van der Waals surface area contributed by atoms with Gasteiger partial charge in [0.25, 0.3) is 0 Å². The van der Waals surface area contributed by atoms with Crippen molar-refractivity contribution in [3.8, 4) is 0 Å². The Bertz CT molecular complexity index is 654. The van der Waals surface area contributed by atoms with Crippen LogP contribution in [0, 0.1) is 0 Å². The van der Waals surface area contributed by atoms with Gasteiger partial charge in [0.1, 0.15) is 0 Å². The molecule has 0 heterocycles. The van der Waals surface area contributed by atoms with Crippen LogP contribution in [0.1, 0.15) is 0 Å². The molecular weight excluding hydrogens is 268 g/mol. The van der Waals surface area contributed by atoms with Crippen LogP contribution in [0.3, 0.4) is 0 Å². The second kappa shape index (κ2) is 5.70. The van der Waals surface area contributed by atoms with Gasteiger partial charge < -0.3 is 5.73 Å². The molecule has 0 bridgehead atoms. The Morgan fingerprint density at radius 2 is 1.39 bits per heavy atom. The van der Waals surface area contributed by atoms with Crippen molar-refractivity contribution < 1.29 is 8.42 Å². The molecule has 0 saturated heterocycles. The molecule has 0 radical (unpaired) electrons. The Kier molecular flexibility index (Phi) is 4.01. The lowest BCUT2D eigenvalue weighted by molar-refractivity contribution is 0.622. The van der Waals surface area contributed by atoms with Gasteiger partial charge in [-0.1, -0.05) is 11.8 Å². The van der Waals surface area contributed by atoms with Crippen molar-refractivity contribution in [2.45, 2.75) is 9.79 Å². The van der Waals surface area contributed by atoms with Gasteiger partial charge in [-0.15, -0.1) is 4.36 Å². The van der Waals surface area contributed by atoms with Crippen LogP contribution in [0.25, 0.3) is 0 Å². The summed E-state index contributed by atoms with van der Waals surface area (Å²) in [7, 11) is -2.41. The van der Waals surface area contributed by atoms with Crippen molar-refractivity contribution >= 4 is 33.6 Å². The van der Waals surface area contributed by atoms with E-state index < -0.39 is 10.5 Å². The van der Waals surface area contributed by atoms with E-state index in [4.69, 9.17) is 5.73 Å². The van der Waals surface area contributed by atoms with Crippen molar-refractivity contribution in [2.75, 3.05) is 5.73 Å². The Labute approximate surface area is 111 Å². The maximum Gasteiger partial charge on any atom is 0.316 e. The number of nitrogen functional groups attached to an aromatic ring is 1. The summed E-state index contributed by atoms with van der Waals surface area (Å²) in [6, 6.07) is 14.5. The Morgan fingerprint density at radius 1 is 0.889 bits per heavy atom. The highest BCUT2D eigenvalue weighted by Gasteiger charge is 1.98. The molecule has 2 rings (SSSR count). The number of benzene rings is 2. The Morgan fingerprint density at radius 3 is 1.89 bits per heavy atom. The van der Waals surface area contributed by atoms with Gasteiger partial charge in [0, 0.05) is 15.5 Å². The molecule has 0 unspecified atom stereocenters. The SMILES string of the molecule is Nc1ccc(Sc2ccc(N=S(=O)=O)cc2)cc1. The maximum atomic E-state index is 10.4. The molecule has 4 nitrogen and oxygen atoms in total. The van der Waals surface area contributed by atoms with Gasteiger partial charge in [-0.2, -0.15) is 8.42 Å². The largest absolute Gasteiger partial charge is 0.399 e.